The number of rotatable bonds is 3. The van der Waals surface area contributed by atoms with E-state index in [1.165, 1.54) is 0 Å². The molecule has 106 valence electrons. The van der Waals surface area contributed by atoms with Crippen molar-refractivity contribution in [1.29, 1.82) is 0 Å². The minimum atomic E-state index is -0.939. The number of carbonyl (C=O) groups excluding carboxylic acids is 1. The van der Waals surface area contributed by atoms with Crippen LogP contribution in [0, 0.1) is 3.57 Å². The number of carbonyl (C=O) groups is 1. The van der Waals surface area contributed by atoms with Crippen molar-refractivity contribution in [3.05, 3.63) is 33.4 Å². The van der Waals surface area contributed by atoms with Crippen LogP contribution in [0.15, 0.2) is 24.3 Å². The largest absolute Gasteiger partial charge is 0.386 e. The number of aliphatic hydroxyl groups excluding tert-OH is 1. The maximum atomic E-state index is 12.1. The van der Waals surface area contributed by atoms with Crippen molar-refractivity contribution in [3.8, 4) is 0 Å². The van der Waals surface area contributed by atoms with Crippen molar-refractivity contribution in [2.45, 2.75) is 25.0 Å². The van der Waals surface area contributed by atoms with Crippen molar-refractivity contribution in [2.24, 2.45) is 5.73 Å². The second kappa shape index (κ2) is 7.42. The summed E-state index contributed by atoms with van der Waals surface area (Å²) in [6.07, 6.45) is 1.11. The van der Waals surface area contributed by atoms with Crippen LogP contribution in [0.3, 0.4) is 0 Å². The number of hydrogen-bond acceptors (Lipinski definition) is 3. The first kappa shape index (κ1) is 16.7. The minimum Gasteiger partial charge on any atom is -0.386 e. The van der Waals surface area contributed by atoms with Gasteiger partial charge in [-0.25, -0.2) is 0 Å². The van der Waals surface area contributed by atoms with Gasteiger partial charge in [0.2, 0.25) is 5.91 Å². The molecule has 0 spiro atoms. The number of likely N-dealkylation sites (tertiary alicyclic amines) is 1. The first-order valence-corrected chi connectivity index (χ1v) is 7.16. The molecule has 6 heteroatoms. The molecular formula is C13H18ClIN2O2. The Labute approximate surface area is 132 Å². The van der Waals surface area contributed by atoms with Crippen LogP contribution in [-0.4, -0.2) is 35.0 Å². The smallest absolute Gasteiger partial charge is 0.242 e. The molecule has 1 aliphatic heterocycles. The zero-order valence-corrected chi connectivity index (χ0v) is 13.4. The average molecular weight is 397 g/mol. The van der Waals surface area contributed by atoms with Crippen LogP contribution < -0.4 is 5.73 Å². The van der Waals surface area contributed by atoms with Crippen molar-refractivity contribution in [2.75, 3.05) is 13.1 Å². The number of aliphatic hydroxyl groups is 1. The van der Waals surface area contributed by atoms with Gasteiger partial charge in [-0.1, -0.05) is 18.2 Å². The second-order valence-electron chi connectivity index (χ2n) is 4.52. The predicted octanol–water partition coefficient (Wildman–Crippen LogP) is 1.70. The maximum absolute atomic E-state index is 12.1. The highest BCUT2D eigenvalue weighted by atomic mass is 127. The molecular weight excluding hydrogens is 379 g/mol. The number of halogens is 2. The Balaban J connectivity index is 0.00000180. The number of nitrogens with zero attached hydrogens (tertiary/aromatic N) is 1. The van der Waals surface area contributed by atoms with Gasteiger partial charge in [-0.2, -0.15) is 0 Å². The topological polar surface area (TPSA) is 66.6 Å². The molecule has 1 aliphatic rings. The molecule has 0 aromatic heterocycles. The van der Waals surface area contributed by atoms with Crippen LogP contribution in [0.1, 0.15) is 24.5 Å². The van der Waals surface area contributed by atoms with Crippen LogP contribution in [0.2, 0.25) is 0 Å². The van der Waals surface area contributed by atoms with Gasteiger partial charge in [-0.05, 0) is 47.1 Å². The molecule has 2 rings (SSSR count). The van der Waals surface area contributed by atoms with E-state index in [2.05, 4.69) is 22.6 Å². The fourth-order valence-corrected chi connectivity index (χ4v) is 2.90. The summed E-state index contributed by atoms with van der Waals surface area (Å²) >= 11 is 2.14. The third kappa shape index (κ3) is 3.81. The van der Waals surface area contributed by atoms with Gasteiger partial charge < -0.3 is 15.7 Å². The Bertz CT molecular complexity index is 438. The quantitative estimate of drug-likeness (QED) is 0.764. The Hall–Kier alpha value is -0.370. The monoisotopic (exact) mass is 396 g/mol. The third-order valence-electron chi connectivity index (χ3n) is 3.27. The van der Waals surface area contributed by atoms with E-state index in [0.29, 0.717) is 0 Å². The van der Waals surface area contributed by atoms with E-state index in [1.807, 2.05) is 24.3 Å². The lowest BCUT2D eigenvalue weighted by atomic mass is 10.0. The van der Waals surface area contributed by atoms with Gasteiger partial charge in [0.15, 0.2) is 0 Å². The van der Waals surface area contributed by atoms with Crippen molar-refractivity contribution < 1.29 is 9.90 Å². The molecule has 1 aromatic rings. The Morgan fingerprint density at radius 3 is 2.47 bits per heavy atom. The number of amides is 1. The Kier molecular flexibility index (Phi) is 6.52. The Morgan fingerprint density at radius 1 is 1.32 bits per heavy atom. The van der Waals surface area contributed by atoms with E-state index in [4.69, 9.17) is 5.73 Å². The van der Waals surface area contributed by atoms with Gasteiger partial charge >= 0.3 is 0 Å². The normalized spacial score (nSPS) is 17.7. The second-order valence-corrected chi connectivity index (χ2v) is 5.69. The van der Waals surface area contributed by atoms with Crippen molar-refractivity contribution >= 4 is 40.9 Å². The van der Waals surface area contributed by atoms with Gasteiger partial charge in [0.25, 0.3) is 0 Å². The van der Waals surface area contributed by atoms with Crippen LogP contribution in [0.25, 0.3) is 0 Å². The van der Waals surface area contributed by atoms with E-state index in [1.54, 1.807) is 4.90 Å². The Morgan fingerprint density at radius 2 is 1.89 bits per heavy atom. The van der Waals surface area contributed by atoms with E-state index in [9.17, 15) is 9.90 Å². The van der Waals surface area contributed by atoms with Gasteiger partial charge in [0.05, 0.1) is 0 Å². The van der Waals surface area contributed by atoms with Crippen LogP contribution in [0.5, 0.6) is 0 Å². The summed E-state index contributed by atoms with van der Waals surface area (Å²) < 4.78 is 0.923. The molecule has 0 unspecified atom stereocenters. The van der Waals surface area contributed by atoms with E-state index < -0.39 is 12.1 Å². The molecule has 0 radical (unpaired) electrons. The fourth-order valence-electron chi connectivity index (χ4n) is 2.19. The molecule has 0 bridgehead atoms. The molecule has 2 atom stereocenters. The lowest BCUT2D eigenvalue weighted by Gasteiger charge is -2.24. The van der Waals surface area contributed by atoms with E-state index in [-0.39, 0.29) is 18.3 Å². The van der Waals surface area contributed by atoms with Crippen LogP contribution in [-0.2, 0) is 4.79 Å². The number of hydrogen-bond donors (Lipinski definition) is 2. The average Bonchev–Trinajstić information content (AvgIpc) is 2.90. The summed E-state index contributed by atoms with van der Waals surface area (Å²) in [5.41, 5.74) is 6.62. The lowest BCUT2D eigenvalue weighted by molar-refractivity contribution is -0.134. The van der Waals surface area contributed by atoms with Crippen molar-refractivity contribution in [1.82, 2.24) is 4.90 Å². The van der Waals surface area contributed by atoms with Crippen molar-refractivity contribution in [3.63, 3.8) is 0 Å². The number of benzene rings is 1. The molecule has 4 nitrogen and oxygen atoms in total. The molecule has 1 amide bonds. The van der Waals surface area contributed by atoms with E-state index >= 15 is 0 Å². The zero-order chi connectivity index (χ0) is 13.1. The molecule has 0 saturated carbocycles. The summed E-state index contributed by atoms with van der Waals surface area (Å²) in [6, 6.07) is 6.56. The fraction of sp³-hybridized carbons (Fsp3) is 0.462. The maximum Gasteiger partial charge on any atom is 0.242 e. The SMILES string of the molecule is Cl.N[C@@H](C(=O)N1CCCC1)[C@@H](O)c1ccccc1I. The highest BCUT2D eigenvalue weighted by Gasteiger charge is 2.30. The summed E-state index contributed by atoms with van der Waals surface area (Å²) in [5, 5.41) is 10.2. The molecule has 1 heterocycles. The molecule has 0 aliphatic carbocycles. The summed E-state index contributed by atoms with van der Waals surface area (Å²) in [4.78, 5) is 13.8. The summed E-state index contributed by atoms with van der Waals surface area (Å²) in [7, 11) is 0. The van der Waals surface area contributed by atoms with Gasteiger partial charge in [-0.3, -0.25) is 4.79 Å². The first-order valence-electron chi connectivity index (χ1n) is 6.08. The molecule has 3 N–H and O–H groups in total. The highest BCUT2D eigenvalue weighted by Crippen LogP contribution is 2.23. The zero-order valence-electron chi connectivity index (χ0n) is 10.5. The molecule has 1 saturated heterocycles. The number of nitrogens with two attached hydrogens (primary N) is 1. The molecule has 1 aromatic carbocycles. The third-order valence-corrected chi connectivity index (χ3v) is 4.25. The van der Waals surface area contributed by atoms with E-state index in [0.717, 1.165) is 35.1 Å². The standard InChI is InChI=1S/C13H17IN2O2.ClH/c14-10-6-2-1-5-9(10)12(17)11(15)13(18)16-7-3-4-8-16;/h1-2,5-6,11-12,17H,3-4,7-8,15H2;1H/t11-,12+;/m1./s1. The molecule has 1 fully saturated rings. The van der Waals surface area contributed by atoms with Gasteiger partial charge in [0, 0.05) is 16.7 Å². The summed E-state index contributed by atoms with van der Waals surface area (Å²) in [6.45, 7) is 1.51. The highest BCUT2D eigenvalue weighted by molar-refractivity contribution is 14.1. The molecule has 19 heavy (non-hydrogen) atoms. The van der Waals surface area contributed by atoms with Crippen LogP contribution in [0.4, 0.5) is 0 Å². The van der Waals surface area contributed by atoms with Gasteiger partial charge in [0.1, 0.15) is 12.1 Å². The minimum absolute atomic E-state index is 0. The summed E-state index contributed by atoms with van der Waals surface area (Å²) in [5.74, 6) is -0.153. The predicted molar refractivity (Wildman–Crippen MR) is 85.2 cm³/mol. The first-order chi connectivity index (χ1) is 8.61. The van der Waals surface area contributed by atoms with Crippen LogP contribution >= 0.6 is 35.0 Å². The lowest BCUT2D eigenvalue weighted by Crippen LogP contribution is -2.46. The van der Waals surface area contributed by atoms with Gasteiger partial charge in [-0.15, -0.1) is 12.4 Å².